The smallest absolute Gasteiger partial charge is 0.305 e. The van der Waals surface area contributed by atoms with Crippen LogP contribution in [-0.2, 0) is 9.59 Å². The summed E-state index contributed by atoms with van der Waals surface area (Å²) in [5, 5.41) is 8.71. The van der Waals surface area contributed by atoms with Gasteiger partial charge >= 0.3 is 5.97 Å². The van der Waals surface area contributed by atoms with Crippen LogP contribution < -0.4 is 10.6 Å². The Morgan fingerprint density at radius 2 is 1.72 bits per heavy atom. The van der Waals surface area contributed by atoms with E-state index in [0.29, 0.717) is 13.1 Å². The highest BCUT2D eigenvalue weighted by Gasteiger charge is 2.09. The Bertz CT molecular complexity index is 397. The maximum atomic E-state index is 10.8. The Labute approximate surface area is 106 Å². The number of nitrogens with zero attached hydrogens (tertiary/aromatic N) is 1. The van der Waals surface area contributed by atoms with Crippen molar-refractivity contribution in [2.75, 3.05) is 18.0 Å². The minimum absolute atomic E-state index is 0.0344. The zero-order valence-electron chi connectivity index (χ0n) is 10.4. The number of carboxylic acids is 1. The topological polar surface area (TPSA) is 83.6 Å². The lowest BCUT2D eigenvalue weighted by Gasteiger charge is -2.23. The average molecular weight is 250 g/mol. The molecule has 1 aromatic rings. The number of carbonyl (C=O) groups is 2. The van der Waals surface area contributed by atoms with E-state index in [1.165, 1.54) is 0 Å². The highest BCUT2D eigenvalue weighted by atomic mass is 16.4. The van der Waals surface area contributed by atoms with Crippen LogP contribution in [0.3, 0.4) is 0 Å². The van der Waals surface area contributed by atoms with Crippen LogP contribution in [0.15, 0.2) is 24.3 Å². The summed E-state index contributed by atoms with van der Waals surface area (Å²) >= 11 is 0. The molecule has 0 bridgehead atoms. The van der Waals surface area contributed by atoms with E-state index in [-0.39, 0.29) is 18.7 Å². The Kier molecular flexibility index (Phi) is 5.17. The van der Waals surface area contributed by atoms with E-state index in [9.17, 15) is 9.59 Å². The molecular formula is C13H18N2O3. The molecule has 1 rings (SSSR count). The molecule has 0 heterocycles. The maximum absolute atomic E-state index is 10.8. The normalized spacial score (nSPS) is 10.1. The number of carboxylic acid groups (broad SMARTS) is 1. The van der Waals surface area contributed by atoms with Gasteiger partial charge in [0.05, 0.1) is 6.42 Å². The number of amides is 1. The van der Waals surface area contributed by atoms with E-state index >= 15 is 0 Å². The summed E-state index contributed by atoms with van der Waals surface area (Å²) in [7, 11) is 0. The average Bonchev–Trinajstić information content (AvgIpc) is 2.30. The molecule has 0 radical (unpaired) electrons. The summed E-state index contributed by atoms with van der Waals surface area (Å²) in [6.07, 6.45) is 0.250. The van der Waals surface area contributed by atoms with Gasteiger partial charge in [0.25, 0.3) is 0 Å². The Hall–Kier alpha value is -2.04. The number of primary amides is 1. The van der Waals surface area contributed by atoms with Crippen molar-refractivity contribution in [3.63, 3.8) is 0 Å². The van der Waals surface area contributed by atoms with E-state index < -0.39 is 5.97 Å². The van der Waals surface area contributed by atoms with Gasteiger partial charge in [-0.05, 0) is 19.1 Å². The van der Waals surface area contributed by atoms with Crippen molar-refractivity contribution >= 4 is 17.6 Å². The summed E-state index contributed by atoms with van der Waals surface area (Å²) in [5.41, 5.74) is 7.15. The number of rotatable bonds is 7. The van der Waals surface area contributed by atoms with Gasteiger partial charge in [0.2, 0.25) is 5.91 Å². The molecule has 0 unspecified atom stereocenters. The van der Waals surface area contributed by atoms with Crippen LogP contribution in [0.5, 0.6) is 0 Å². The molecule has 0 saturated heterocycles. The SMILES string of the molecule is Cc1ccc(N(CCC(N)=O)CCC(=O)O)cc1. The van der Waals surface area contributed by atoms with Gasteiger partial charge in [-0.25, -0.2) is 0 Å². The molecule has 0 atom stereocenters. The molecule has 0 fully saturated rings. The Morgan fingerprint density at radius 1 is 1.17 bits per heavy atom. The predicted octanol–water partition coefficient (Wildman–Crippen LogP) is 1.15. The third kappa shape index (κ3) is 4.86. The summed E-state index contributed by atoms with van der Waals surface area (Å²) in [4.78, 5) is 23.3. The van der Waals surface area contributed by atoms with Crippen molar-refractivity contribution in [1.82, 2.24) is 0 Å². The molecule has 18 heavy (non-hydrogen) atoms. The minimum Gasteiger partial charge on any atom is -0.481 e. The first-order chi connectivity index (χ1) is 8.49. The van der Waals surface area contributed by atoms with Crippen molar-refractivity contribution < 1.29 is 14.7 Å². The van der Waals surface area contributed by atoms with Gasteiger partial charge in [-0.3, -0.25) is 9.59 Å². The summed E-state index contributed by atoms with van der Waals surface area (Å²) in [6.45, 7) is 2.78. The van der Waals surface area contributed by atoms with Crippen LogP contribution in [0.2, 0.25) is 0 Å². The fourth-order valence-corrected chi connectivity index (χ4v) is 1.60. The predicted molar refractivity (Wildman–Crippen MR) is 69.5 cm³/mol. The molecular weight excluding hydrogens is 232 g/mol. The monoisotopic (exact) mass is 250 g/mol. The first kappa shape index (κ1) is 14.0. The fraction of sp³-hybridized carbons (Fsp3) is 0.385. The number of aryl methyl sites for hydroxylation is 1. The molecule has 5 heteroatoms. The van der Waals surface area contributed by atoms with Crippen LogP contribution in [-0.4, -0.2) is 30.1 Å². The molecule has 0 aliphatic rings. The van der Waals surface area contributed by atoms with E-state index in [0.717, 1.165) is 11.3 Å². The van der Waals surface area contributed by atoms with Crippen LogP contribution in [0.1, 0.15) is 18.4 Å². The highest BCUT2D eigenvalue weighted by Crippen LogP contribution is 2.15. The number of aliphatic carboxylic acids is 1. The van der Waals surface area contributed by atoms with Crippen LogP contribution in [0.4, 0.5) is 5.69 Å². The standard InChI is InChI=1S/C13H18N2O3/c1-10-2-4-11(5-3-10)15(8-6-12(14)16)9-7-13(17)18/h2-5H,6-9H2,1H3,(H2,14,16)(H,17,18). The van der Waals surface area contributed by atoms with E-state index in [1.54, 1.807) is 0 Å². The second-order valence-corrected chi connectivity index (χ2v) is 4.18. The molecule has 1 amide bonds. The van der Waals surface area contributed by atoms with Gasteiger partial charge in [-0.15, -0.1) is 0 Å². The highest BCUT2D eigenvalue weighted by molar-refractivity contribution is 5.74. The van der Waals surface area contributed by atoms with Crippen molar-refractivity contribution in [2.24, 2.45) is 5.73 Å². The molecule has 0 aliphatic carbocycles. The largest absolute Gasteiger partial charge is 0.481 e. The molecule has 0 spiro atoms. The van der Waals surface area contributed by atoms with Crippen LogP contribution in [0, 0.1) is 6.92 Å². The van der Waals surface area contributed by atoms with E-state index in [4.69, 9.17) is 10.8 Å². The second-order valence-electron chi connectivity index (χ2n) is 4.18. The third-order valence-electron chi connectivity index (χ3n) is 2.62. The molecule has 0 saturated carbocycles. The minimum atomic E-state index is -0.855. The van der Waals surface area contributed by atoms with Gasteiger partial charge in [-0.1, -0.05) is 17.7 Å². The molecule has 5 nitrogen and oxygen atoms in total. The second kappa shape index (κ2) is 6.64. The number of benzene rings is 1. The number of anilines is 1. The molecule has 1 aromatic carbocycles. The fourth-order valence-electron chi connectivity index (χ4n) is 1.60. The van der Waals surface area contributed by atoms with Crippen LogP contribution in [0.25, 0.3) is 0 Å². The number of nitrogens with two attached hydrogens (primary N) is 1. The van der Waals surface area contributed by atoms with Crippen molar-refractivity contribution in [1.29, 1.82) is 0 Å². The van der Waals surface area contributed by atoms with Gasteiger partial charge in [0.15, 0.2) is 0 Å². The lowest BCUT2D eigenvalue weighted by molar-refractivity contribution is -0.136. The molecule has 3 N–H and O–H groups in total. The number of carbonyl (C=O) groups excluding carboxylic acids is 1. The van der Waals surface area contributed by atoms with Gasteiger partial charge < -0.3 is 15.7 Å². The Morgan fingerprint density at radius 3 is 2.22 bits per heavy atom. The Balaban J connectivity index is 2.71. The summed E-state index contributed by atoms with van der Waals surface area (Å²) in [5.74, 6) is -1.24. The van der Waals surface area contributed by atoms with Crippen molar-refractivity contribution in [3.8, 4) is 0 Å². The van der Waals surface area contributed by atoms with E-state index in [2.05, 4.69) is 0 Å². The molecule has 98 valence electrons. The zero-order chi connectivity index (χ0) is 13.5. The van der Waals surface area contributed by atoms with E-state index in [1.807, 2.05) is 36.1 Å². The van der Waals surface area contributed by atoms with Crippen LogP contribution >= 0.6 is 0 Å². The van der Waals surface area contributed by atoms with Gasteiger partial charge in [0.1, 0.15) is 0 Å². The summed E-state index contributed by atoms with van der Waals surface area (Å²) < 4.78 is 0. The van der Waals surface area contributed by atoms with Gasteiger partial charge in [-0.2, -0.15) is 0 Å². The first-order valence-corrected chi connectivity index (χ1v) is 5.81. The van der Waals surface area contributed by atoms with Crippen molar-refractivity contribution in [2.45, 2.75) is 19.8 Å². The quantitative estimate of drug-likeness (QED) is 0.760. The zero-order valence-corrected chi connectivity index (χ0v) is 10.4. The van der Waals surface area contributed by atoms with Crippen molar-refractivity contribution in [3.05, 3.63) is 29.8 Å². The molecule has 0 aromatic heterocycles. The first-order valence-electron chi connectivity index (χ1n) is 5.81. The maximum Gasteiger partial charge on any atom is 0.305 e. The van der Waals surface area contributed by atoms with Gasteiger partial charge in [0, 0.05) is 25.2 Å². The lowest BCUT2D eigenvalue weighted by atomic mass is 10.2. The lowest BCUT2D eigenvalue weighted by Crippen LogP contribution is -2.30. The summed E-state index contributed by atoms with van der Waals surface area (Å²) in [6, 6.07) is 7.73. The molecule has 0 aliphatic heterocycles. The number of hydrogen-bond donors (Lipinski definition) is 2. The number of hydrogen-bond acceptors (Lipinski definition) is 3. The third-order valence-corrected chi connectivity index (χ3v) is 2.62.